The van der Waals surface area contributed by atoms with Gasteiger partial charge in [-0.1, -0.05) is 41.4 Å². The third kappa shape index (κ3) is 2.61. The van der Waals surface area contributed by atoms with E-state index in [1.165, 1.54) is 6.07 Å². The summed E-state index contributed by atoms with van der Waals surface area (Å²) >= 11 is 18.1. The molecule has 0 bridgehead atoms. The second kappa shape index (κ2) is 5.43. The smallest absolute Gasteiger partial charge is 0.159 e. The molecule has 2 aromatic rings. The van der Waals surface area contributed by atoms with E-state index >= 15 is 0 Å². The van der Waals surface area contributed by atoms with Gasteiger partial charge in [0, 0.05) is 0 Å². The van der Waals surface area contributed by atoms with Crippen molar-refractivity contribution in [1.82, 2.24) is 0 Å². The summed E-state index contributed by atoms with van der Waals surface area (Å²) < 4.78 is 26.0. The molecule has 0 aliphatic heterocycles. The molecule has 0 saturated heterocycles. The molecule has 0 amide bonds. The van der Waals surface area contributed by atoms with Gasteiger partial charge in [-0.2, -0.15) is 0 Å². The summed E-state index contributed by atoms with van der Waals surface area (Å²) in [7, 11) is 0. The van der Waals surface area contributed by atoms with Crippen LogP contribution in [0.1, 0.15) is 16.5 Å². The quantitative estimate of drug-likeness (QED) is 0.633. The average molecular weight is 308 g/mol. The zero-order chi connectivity index (χ0) is 13.3. The topological polar surface area (TPSA) is 0 Å². The summed E-state index contributed by atoms with van der Waals surface area (Å²) in [4.78, 5) is 0. The summed E-state index contributed by atoms with van der Waals surface area (Å²) in [5.74, 6) is -1.86. The first-order chi connectivity index (χ1) is 8.50. The maximum Gasteiger partial charge on any atom is 0.159 e. The molecule has 2 aromatic carbocycles. The first kappa shape index (κ1) is 13.6. The Morgan fingerprint density at radius 2 is 1.67 bits per heavy atom. The van der Waals surface area contributed by atoms with Crippen molar-refractivity contribution in [3.8, 4) is 0 Å². The molecular formula is C13H7Cl3F2. The van der Waals surface area contributed by atoms with Gasteiger partial charge < -0.3 is 0 Å². The highest BCUT2D eigenvalue weighted by Gasteiger charge is 2.17. The van der Waals surface area contributed by atoms with E-state index in [2.05, 4.69) is 0 Å². The van der Waals surface area contributed by atoms with Gasteiger partial charge in [-0.3, -0.25) is 0 Å². The van der Waals surface area contributed by atoms with Gasteiger partial charge in [0.05, 0.1) is 15.4 Å². The predicted molar refractivity (Wildman–Crippen MR) is 70.5 cm³/mol. The van der Waals surface area contributed by atoms with E-state index in [-0.39, 0.29) is 0 Å². The second-order valence-electron chi connectivity index (χ2n) is 3.68. The molecule has 0 nitrogen and oxygen atoms in total. The predicted octanol–water partition coefficient (Wildman–Crippen LogP) is 5.60. The van der Waals surface area contributed by atoms with Gasteiger partial charge in [0.25, 0.3) is 0 Å². The molecule has 2 rings (SSSR count). The van der Waals surface area contributed by atoms with Gasteiger partial charge in [0.1, 0.15) is 0 Å². The Bertz CT molecular complexity index is 584. The third-order valence-electron chi connectivity index (χ3n) is 2.49. The highest BCUT2D eigenvalue weighted by atomic mass is 35.5. The molecule has 1 atom stereocenters. The fourth-order valence-electron chi connectivity index (χ4n) is 1.57. The first-order valence-electron chi connectivity index (χ1n) is 5.03. The Hall–Kier alpha value is -0.830. The molecule has 5 heteroatoms. The molecule has 18 heavy (non-hydrogen) atoms. The van der Waals surface area contributed by atoms with Crippen molar-refractivity contribution in [1.29, 1.82) is 0 Å². The molecule has 0 saturated carbocycles. The first-order valence-corrected chi connectivity index (χ1v) is 6.23. The Morgan fingerprint density at radius 1 is 0.944 bits per heavy atom. The lowest BCUT2D eigenvalue weighted by Crippen LogP contribution is -1.97. The zero-order valence-electron chi connectivity index (χ0n) is 8.93. The van der Waals surface area contributed by atoms with E-state index in [0.717, 1.165) is 12.1 Å². The van der Waals surface area contributed by atoms with Crippen molar-refractivity contribution in [3.63, 3.8) is 0 Å². The monoisotopic (exact) mass is 306 g/mol. The van der Waals surface area contributed by atoms with E-state index in [9.17, 15) is 8.78 Å². The van der Waals surface area contributed by atoms with Crippen molar-refractivity contribution in [2.75, 3.05) is 0 Å². The fourth-order valence-corrected chi connectivity index (χ4v) is 2.36. The van der Waals surface area contributed by atoms with E-state index in [4.69, 9.17) is 34.8 Å². The number of rotatable bonds is 2. The lowest BCUT2D eigenvalue weighted by Gasteiger charge is -2.13. The Kier molecular flexibility index (Phi) is 4.10. The van der Waals surface area contributed by atoms with Crippen LogP contribution in [0.15, 0.2) is 36.4 Å². The Labute approximate surface area is 118 Å². The summed E-state index contributed by atoms with van der Waals surface area (Å²) in [5.41, 5.74) is 0.969. The van der Waals surface area contributed by atoms with Gasteiger partial charge in [-0.05, 0) is 29.3 Å². The van der Waals surface area contributed by atoms with Crippen LogP contribution in [0.25, 0.3) is 0 Å². The van der Waals surface area contributed by atoms with Crippen molar-refractivity contribution >= 4 is 34.8 Å². The standard InChI is InChI=1S/C13H7Cl3F2/c14-9-3-1-2-8(13(9)16)12(15)7-4-5-10(17)11(18)6-7/h1-6,12H. The van der Waals surface area contributed by atoms with Crippen LogP contribution in [0.3, 0.4) is 0 Å². The van der Waals surface area contributed by atoms with Gasteiger partial charge in [0.2, 0.25) is 0 Å². The molecule has 0 spiro atoms. The van der Waals surface area contributed by atoms with Crippen molar-refractivity contribution in [2.45, 2.75) is 5.38 Å². The number of benzene rings is 2. The van der Waals surface area contributed by atoms with Crippen LogP contribution in [0.5, 0.6) is 0 Å². The van der Waals surface area contributed by atoms with E-state index < -0.39 is 17.0 Å². The van der Waals surface area contributed by atoms with Crippen LogP contribution < -0.4 is 0 Å². The summed E-state index contributed by atoms with van der Waals surface area (Å²) in [5, 5.41) is -0.0161. The van der Waals surface area contributed by atoms with Crippen LogP contribution in [-0.4, -0.2) is 0 Å². The lowest BCUT2D eigenvalue weighted by atomic mass is 10.0. The van der Waals surface area contributed by atoms with Gasteiger partial charge in [0.15, 0.2) is 11.6 Å². The van der Waals surface area contributed by atoms with Crippen LogP contribution in [0, 0.1) is 11.6 Å². The number of halogens is 5. The molecule has 0 aliphatic rings. The van der Waals surface area contributed by atoms with Crippen LogP contribution in [0.4, 0.5) is 8.78 Å². The van der Waals surface area contributed by atoms with Crippen LogP contribution in [0.2, 0.25) is 10.0 Å². The van der Waals surface area contributed by atoms with Crippen molar-refractivity contribution in [3.05, 3.63) is 69.2 Å². The normalized spacial score (nSPS) is 12.5. The van der Waals surface area contributed by atoms with Crippen LogP contribution in [-0.2, 0) is 0 Å². The molecule has 0 aliphatic carbocycles. The molecule has 1 unspecified atom stereocenters. The second-order valence-corrected chi connectivity index (χ2v) is 4.90. The number of hydrogen-bond acceptors (Lipinski definition) is 0. The van der Waals surface area contributed by atoms with Crippen molar-refractivity contribution in [2.24, 2.45) is 0 Å². The maximum absolute atomic E-state index is 13.1. The van der Waals surface area contributed by atoms with Gasteiger partial charge in [-0.15, -0.1) is 11.6 Å². The lowest BCUT2D eigenvalue weighted by molar-refractivity contribution is 0.507. The zero-order valence-corrected chi connectivity index (χ0v) is 11.2. The Balaban J connectivity index is 2.44. The van der Waals surface area contributed by atoms with E-state index in [1.807, 2.05) is 0 Å². The number of alkyl halides is 1. The fraction of sp³-hybridized carbons (Fsp3) is 0.0769. The molecule has 0 N–H and O–H groups in total. The summed E-state index contributed by atoms with van der Waals surface area (Å²) in [6.45, 7) is 0. The molecule has 94 valence electrons. The third-order valence-corrected chi connectivity index (χ3v) is 3.81. The van der Waals surface area contributed by atoms with Gasteiger partial charge >= 0.3 is 0 Å². The minimum Gasteiger partial charge on any atom is -0.204 e. The van der Waals surface area contributed by atoms with E-state index in [0.29, 0.717) is 21.2 Å². The largest absolute Gasteiger partial charge is 0.204 e. The van der Waals surface area contributed by atoms with Crippen molar-refractivity contribution < 1.29 is 8.78 Å². The maximum atomic E-state index is 13.1. The Morgan fingerprint density at radius 3 is 2.33 bits per heavy atom. The van der Waals surface area contributed by atoms with Crippen LogP contribution >= 0.6 is 34.8 Å². The molecular weight excluding hydrogens is 300 g/mol. The van der Waals surface area contributed by atoms with E-state index in [1.54, 1.807) is 18.2 Å². The average Bonchev–Trinajstić information content (AvgIpc) is 2.35. The SMILES string of the molecule is Fc1ccc(C(Cl)c2cccc(Cl)c2Cl)cc1F. The minimum atomic E-state index is -0.948. The molecule has 0 fully saturated rings. The number of hydrogen-bond donors (Lipinski definition) is 0. The summed E-state index contributed by atoms with van der Waals surface area (Å²) in [6, 6.07) is 8.49. The summed E-state index contributed by atoms with van der Waals surface area (Å²) in [6.07, 6.45) is 0. The molecule has 0 heterocycles. The minimum absolute atomic E-state index is 0.309. The van der Waals surface area contributed by atoms with Gasteiger partial charge in [-0.25, -0.2) is 8.78 Å². The highest BCUT2D eigenvalue weighted by Crippen LogP contribution is 2.37. The highest BCUT2D eigenvalue weighted by molar-refractivity contribution is 6.43. The molecule has 0 aromatic heterocycles. The molecule has 0 radical (unpaired) electrons.